The predicted molar refractivity (Wildman–Crippen MR) is 60.2 cm³/mol. The van der Waals surface area contributed by atoms with Crippen molar-refractivity contribution in [1.82, 2.24) is 10.2 Å². The number of nitrogens with one attached hydrogen (secondary N) is 1. The topological polar surface area (TPSA) is 15.3 Å². The SMILES string of the molecule is CNCC1C2C=CC(C2)C1CN(C)C. The van der Waals surface area contributed by atoms with E-state index in [0.717, 1.165) is 23.7 Å². The van der Waals surface area contributed by atoms with E-state index in [9.17, 15) is 0 Å². The average molecular weight is 194 g/mol. The molecule has 0 radical (unpaired) electrons. The highest BCUT2D eigenvalue weighted by Gasteiger charge is 2.43. The highest BCUT2D eigenvalue weighted by atomic mass is 15.1. The summed E-state index contributed by atoms with van der Waals surface area (Å²) in [5.41, 5.74) is 0. The van der Waals surface area contributed by atoms with E-state index in [1.54, 1.807) is 0 Å². The highest BCUT2D eigenvalue weighted by Crippen LogP contribution is 2.47. The maximum atomic E-state index is 3.35. The van der Waals surface area contributed by atoms with Crippen molar-refractivity contribution in [2.24, 2.45) is 23.7 Å². The van der Waals surface area contributed by atoms with Crippen LogP contribution in [0.25, 0.3) is 0 Å². The van der Waals surface area contributed by atoms with Crippen molar-refractivity contribution in [3.8, 4) is 0 Å². The summed E-state index contributed by atoms with van der Waals surface area (Å²) >= 11 is 0. The van der Waals surface area contributed by atoms with Crippen LogP contribution in [0.5, 0.6) is 0 Å². The van der Waals surface area contributed by atoms with E-state index in [1.165, 1.54) is 19.5 Å². The van der Waals surface area contributed by atoms with Gasteiger partial charge in [-0.05, 0) is 57.8 Å². The first-order valence-electron chi connectivity index (χ1n) is 5.70. The maximum Gasteiger partial charge on any atom is 0.00125 e. The molecule has 0 heterocycles. The number of hydrogen-bond donors (Lipinski definition) is 1. The summed E-state index contributed by atoms with van der Waals surface area (Å²) in [6.45, 7) is 2.43. The average Bonchev–Trinajstić information content (AvgIpc) is 2.68. The third-order valence-electron chi connectivity index (χ3n) is 3.82. The van der Waals surface area contributed by atoms with Crippen LogP contribution in [0.4, 0.5) is 0 Å². The van der Waals surface area contributed by atoms with Crippen LogP contribution in [0.15, 0.2) is 12.2 Å². The number of nitrogens with zero attached hydrogens (tertiary/aromatic N) is 1. The van der Waals surface area contributed by atoms with Crippen LogP contribution in [-0.4, -0.2) is 39.1 Å². The summed E-state index contributed by atoms with van der Waals surface area (Å²) in [6, 6.07) is 0. The van der Waals surface area contributed by atoms with Crippen LogP contribution in [0.2, 0.25) is 0 Å². The summed E-state index contributed by atoms with van der Waals surface area (Å²) in [5.74, 6) is 3.47. The standard InChI is InChI=1S/C12H22N2/c1-13-7-11-9-4-5-10(6-9)12(11)8-14(2)3/h4-5,9-13H,6-8H2,1-3H3. The van der Waals surface area contributed by atoms with Gasteiger partial charge in [-0.15, -0.1) is 0 Å². The fraction of sp³-hybridized carbons (Fsp3) is 0.833. The van der Waals surface area contributed by atoms with Crippen molar-refractivity contribution in [3.63, 3.8) is 0 Å². The van der Waals surface area contributed by atoms with Crippen LogP contribution in [0, 0.1) is 23.7 Å². The lowest BCUT2D eigenvalue weighted by molar-refractivity contribution is 0.228. The van der Waals surface area contributed by atoms with E-state index in [4.69, 9.17) is 0 Å². The molecule has 2 bridgehead atoms. The van der Waals surface area contributed by atoms with Gasteiger partial charge >= 0.3 is 0 Å². The molecule has 0 aromatic carbocycles. The third kappa shape index (κ3) is 1.73. The minimum atomic E-state index is 0.859. The number of allylic oxidation sites excluding steroid dienone is 2. The Morgan fingerprint density at radius 1 is 1.21 bits per heavy atom. The molecule has 2 aliphatic carbocycles. The molecule has 1 saturated carbocycles. The van der Waals surface area contributed by atoms with E-state index in [-0.39, 0.29) is 0 Å². The Hall–Kier alpha value is -0.340. The summed E-state index contributed by atoms with van der Waals surface area (Å²) in [7, 11) is 6.45. The van der Waals surface area contributed by atoms with Crippen LogP contribution >= 0.6 is 0 Å². The molecule has 2 heteroatoms. The molecule has 4 unspecified atom stereocenters. The summed E-state index contributed by atoms with van der Waals surface area (Å²) < 4.78 is 0. The quantitative estimate of drug-likeness (QED) is 0.677. The molecule has 2 nitrogen and oxygen atoms in total. The fourth-order valence-electron chi connectivity index (χ4n) is 3.26. The Morgan fingerprint density at radius 2 is 1.86 bits per heavy atom. The van der Waals surface area contributed by atoms with Gasteiger partial charge in [-0.2, -0.15) is 0 Å². The number of hydrogen-bond acceptors (Lipinski definition) is 2. The Kier molecular flexibility index (Phi) is 2.93. The van der Waals surface area contributed by atoms with Crippen molar-refractivity contribution in [2.45, 2.75) is 6.42 Å². The number of rotatable bonds is 4. The Labute approximate surface area is 87.4 Å². The molecular formula is C12H22N2. The summed E-state index contributed by atoms with van der Waals surface area (Å²) in [6.07, 6.45) is 6.30. The zero-order chi connectivity index (χ0) is 10.1. The first kappa shape index (κ1) is 10.2. The zero-order valence-electron chi connectivity index (χ0n) is 9.53. The molecule has 0 aromatic heterocycles. The Morgan fingerprint density at radius 3 is 2.43 bits per heavy atom. The van der Waals surface area contributed by atoms with Crippen LogP contribution in [0.3, 0.4) is 0 Å². The lowest BCUT2D eigenvalue weighted by Crippen LogP contribution is -2.35. The van der Waals surface area contributed by atoms with Crippen molar-refractivity contribution in [3.05, 3.63) is 12.2 Å². The van der Waals surface area contributed by atoms with E-state index < -0.39 is 0 Å². The first-order valence-corrected chi connectivity index (χ1v) is 5.70. The second-order valence-electron chi connectivity index (χ2n) is 5.10. The predicted octanol–water partition coefficient (Wildman–Crippen LogP) is 1.21. The fourth-order valence-corrected chi connectivity index (χ4v) is 3.26. The minimum Gasteiger partial charge on any atom is -0.319 e. The van der Waals surface area contributed by atoms with Crippen LogP contribution in [-0.2, 0) is 0 Å². The van der Waals surface area contributed by atoms with E-state index in [1.807, 2.05) is 0 Å². The minimum absolute atomic E-state index is 0.859. The van der Waals surface area contributed by atoms with Gasteiger partial charge in [0.1, 0.15) is 0 Å². The van der Waals surface area contributed by atoms with E-state index in [2.05, 4.69) is 43.5 Å². The second-order valence-corrected chi connectivity index (χ2v) is 5.10. The van der Waals surface area contributed by atoms with Crippen LogP contribution < -0.4 is 5.32 Å². The Bertz CT molecular complexity index is 222. The maximum absolute atomic E-state index is 3.35. The highest BCUT2D eigenvalue weighted by molar-refractivity contribution is 5.14. The molecule has 14 heavy (non-hydrogen) atoms. The van der Waals surface area contributed by atoms with Gasteiger partial charge in [0.25, 0.3) is 0 Å². The molecular weight excluding hydrogens is 172 g/mol. The van der Waals surface area contributed by atoms with Gasteiger partial charge in [0, 0.05) is 6.54 Å². The smallest absolute Gasteiger partial charge is 0.00125 e. The van der Waals surface area contributed by atoms with E-state index in [0.29, 0.717) is 0 Å². The Balaban J connectivity index is 2.02. The van der Waals surface area contributed by atoms with Crippen molar-refractivity contribution in [1.29, 1.82) is 0 Å². The molecule has 2 rings (SSSR count). The molecule has 2 aliphatic rings. The van der Waals surface area contributed by atoms with Gasteiger partial charge in [0.2, 0.25) is 0 Å². The molecule has 0 aliphatic heterocycles. The third-order valence-corrected chi connectivity index (χ3v) is 3.82. The van der Waals surface area contributed by atoms with E-state index >= 15 is 0 Å². The summed E-state index contributed by atoms with van der Waals surface area (Å²) in [4.78, 5) is 2.34. The summed E-state index contributed by atoms with van der Waals surface area (Å²) in [5, 5.41) is 3.35. The monoisotopic (exact) mass is 194 g/mol. The van der Waals surface area contributed by atoms with Gasteiger partial charge in [0.05, 0.1) is 0 Å². The first-order chi connectivity index (χ1) is 6.72. The lowest BCUT2D eigenvalue weighted by atomic mass is 9.82. The molecule has 0 aromatic rings. The molecule has 0 amide bonds. The van der Waals surface area contributed by atoms with Gasteiger partial charge in [-0.1, -0.05) is 12.2 Å². The van der Waals surface area contributed by atoms with Crippen molar-refractivity contribution < 1.29 is 0 Å². The number of fused-ring (bicyclic) bond motifs is 2. The zero-order valence-corrected chi connectivity index (χ0v) is 9.53. The van der Waals surface area contributed by atoms with Crippen molar-refractivity contribution >= 4 is 0 Å². The molecule has 1 N–H and O–H groups in total. The molecule has 0 saturated heterocycles. The largest absolute Gasteiger partial charge is 0.319 e. The van der Waals surface area contributed by atoms with Gasteiger partial charge in [0.15, 0.2) is 0 Å². The normalized spacial score (nSPS) is 40.0. The van der Waals surface area contributed by atoms with Gasteiger partial charge in [-0.25, -0.2) is 0 Å². The van der Waals surface area contributed by atoms with Crippen LogP contribution in [0.1, 0.15) is 6.42 Å². The lowest BCUT2D eigenvalue weighted by Gasteiger charge is -2.30. The van der Waals surface area contributed by atoms with Crippen molar-refractivity contribution in [2.75, 3.05) is 34.2 Å². The van der Waals surface area contributed by atoms with Gasteiger partial charge < -0.3 is 10.2 Å². The molecule has 1 fully saturated rings. The molecule has 80 valence electrons. The molecule has 4 atom stereocenters. The van der Waals surface area contributed by atoms with Gasteiger partial charge in [-0.3, -0.25) is 0 Å². The second kappa shape index (κ2) is 4.03. The molecule has 0 spiro atoms.